The molecule has 2 aromatic rings. The fourth-order valence-corrected chi connectivity index (χ4v) is 3.47. The molecule has 0 bridgehead atoms. The number of ether oxygens (including phenoxy) is 1. The van der Waals surface area contributed by atoms with Crippen molar-refractivity contribution < 1.29 is 9.53 Å². The lowest BCUT2D eigenvalue weighted by molar-refractivity contribution is 0.0993. The summed E-state index contributed by atoms with van der Waals surface area (Å²) in [7, 11) is 6.02. The maximum atomic E-state index is 12.8. The van der Waals surface area contributed by atoms with Gasteiger partial charge in [-0.05, 0) is 63.3 Å². The predicted octanol–water partition coefficient (Wildman–Crippen LogP) is 3.68. The van der Waals surface area contributed by atoms with Crippen LogP contribution in [0, 0.1) is 0 Å². The van der Waals surface area contributed by atoms with Gasteiger partial charge in [0.1, 0.15) is 11.6 Å². The number of amides is 1. The Morgan fingerprint density at radius 2 is 1.93 bits per heavy atom. The lowest BCUT2D eigenvalue weighted by Gasteiger charge is -2.22. The zero-order valence-electron chi connectivity index (χ0n) is 18.0. The summed E-state index contributed by atoms with van der Waals surface area (Å²) in [5, 5.41) is 0. The van der Waals surface area contributed by atoms with E-state index in [-0.39, 0.29) is 5.91 Å². The van der Waals surface area contributed by atoms with Crippen molar-refractivity contribution in [1.29, 1.82) is 0 Å². The molecule has 1 fully saturated rings. The Labute approximate surface area is 174 Å². The number of unbranched alkanes of at least 4 members (excludes halogenated alkanes) is 1. The van der Waals surface area contributed by atoms with Gasteiger partial charge in [0.25, 0.3) is 5.91 Å². The van der Waals surface area contributed by atoms with Crippen LogP contribution in [0.1, 0.15) is 36.5 Å². The van der Waals surface area contributed by atoms with Gasteiger partial charge in [-0.2, -0.15) is 0 Å². The van der Waals surface area contributed by atoms with Crippen LogP contribution in [0.15, 0.2) is 42.6 Å². The minimum absolute atomic E-state index is 0.0616. The van der Waals surface area contributed by atoms with Crippen molar-refractivity contribution in [3.8, 4) is 5.75 Å². The molecule has 0 spiro atoms. The van der Waals surface area contributed by atoms with E-state index in [9.17, 15) is 4.79 Å². The van der Waals surface area contributed by atoms with Crippen molar-refractivity contribution in [3.63, 3.8) is 0 Å². The molecule has 6 nitrogen and oxygen atoms in total. The molecule has 0 aliphatic carbocycles. The van der Waals surface area contributed by atoms with E-state index < -0.39 is 0 Å². The van der Waals surface area contributed by atoms with Crippen LogP contribution in [0.2, 0.25) is 0 Å². The first-order valence-electron chi connectivity index (χ1n) is 10.4. The van der Waals surface area contributed by atoms with E-state index >= 15 is 0 Å². The third kappa shape index (κ3) is 5.26. The van der Waals surface area contributed by atoms with Gasteiger partial charge in [-0.15, -0.1) is 0 Å². The number of rotatable bonds is 8. The lowest BCUT2D eigenvalue weighted by atomic mass is 10.2. The summed E-state index contributed by atoms with van der Waals surface area (Å²) in [5.41, 5.74) is 1.41. The Bertz CT molecular complexity index is 790. The molecule has 0 radical (unpaired) electrons. The predicted molar refractivity (Wildman–Crippen MR) is 118 cm³/mol. The first-order valence-corrected chi connectivity index (χ1v) is 10.4. The Hall–Kier alpha value is -2.60. The molecule has 3 rings (SSSR count). The molecule has 1 aromatic heterocycles. The number of pyridine rings is 1. The summed E-state index contributed by atoms with van der Waals surface area (Å²) in [6, 6.07) is 11.9. The molecule has 1 atom stereocenters. The summed E-state index contributed by atoms with van der Waals surface area (Å²) in [6.45, 7) is 4.83. The molecule has 0 N–H and O–H groups in total. The van der Waals surface area contributed by atoms with Crippen LogP contribution in [-0.2, 0) is 0 Å². The van der Waals surface area contributed by atoms with Gasteiger partial charge in [-0.1, -0.05) is 13.3 Å². The van der Waals surface area contributed by atoms with Gasteiger partial charge in [-0.25, -0.2) is 4.98 Å². The highest BCUT2D eigenvalue weighted by Gasteiger charge is 2.25. The largest absolute Gasteiger partial charge is 0.494 e. The fraction of sp³-hybridized carbons (Fsp3) is 0.478. The molecule has 1 saturated heterocycles. The van der Waals surface area contributed by atoms with Gasteiger partial charge < -0.3 is 19.4 Å². The first kappa shape index (κ1) is 21.1. The van der Waals surface area contributed by atoms with Crippen LogP contribution >= 0.6 is 0 Å². The molecule has 6 heteroatoms. The number of carbonyl (C=O) groups is 1. The molecule has 0 saturated carbocycles. The maximum absolute atomic E-state index is 12.8. The average Bonchev–Trinajstić information content (AvgIpc) is 3.24. The lowest BCUT2D eigenvalue weighted by Crippen LogP contribution is -2.31. The van der Waals surface area contributed by atoms with E-state index in [2.05, 4.69) is 35.8 Å². The number of hydrogen-bond acceptors (Lipinski definition) is 5. The van der Waals surface area contributed by atoms with E-state index in [0.717, 1.165) is 49.6 Å². The molecular weight excluding hydrogens is 364 g/mol. The number of likely N-dealkylation sites (N-methyl/N-ethyl adjacent to an activating group) is 1. The topological polar surface area (TPSA) is 48.9 Å². The van der Waals surface area contributed by atoms with E-state index in [1.165, 1.54) is 0 Å². The average molecular weight is 397 g/mol. The van der Waals surface area contributed by atoms with Crippen molar-refractivity contribution >= 4 is 17.4 Å². The zero-order valence-corrected chi connectivity index (χ0v) is 18.0. The normalized spacial score (nSPS) is 16.3. The molecule has 1 amide bonds. The smallest absolute Gasteiger partial charge is 0.258 e. The zero-order chi connectivity index (χ0) is 20.8. The van der Waals surface area contributed by atoms with Gasteiger partial charge in [-0.3, -0.25) is 4.79 Å². The van der Waals surface area contributed by atoms with Crippen molar-refractivity contribution in [1.82, 2.24) is 9.88 Å². The van der Waals surface area contributed by atoms with Crippen molar-refractivity contribution in [2.75, 3.05) is 50.6 Å². The molecule has 1 aliphatic heterocycles. The van der Waals surface area contributed by atoms with Crippen molar-refractivity contribution in [2.45, 2.75) is 32.2 Å². The minimum Gasteiger partial charge on any atom is -0.494 e. The molecular formula is C23H32N4O2. The monoisotopic (exact) mass is 396 g/mol. The van der Waals surface area contributed by atoms with E-state index in [1.54, 1.807) is 18.1 Å². The van der Waals surface area contributed by atoms with Gasteiger partial charge in [0.2, 0.25) is 0 Å². The van der Waals surface area contributed by atoms with Crippen LogP contribution in [0.4, 0.5) is 11.5 Å². The second kappa shape index (κ2) is 9.74. The Kier molecular flexibility index (Phi) is 7.09. The van der Waals surface area contributed by atoms with Crippen LogP contribution in [0.3, 0.4) is 0 Å². The van der Waals surface area contributed by atoms with Crippen molar-refractivity contribution in [2.24, 2.45) is 0 Å². The van der Waals surface area contributed by atoms with E-state index in [4.69, 9.17) is 4.74 Å². The van der Waals surface area contributed by atoms with Gasteiger partial charge >= 0.3 is 0 Å². The number of aromatic nitrogens is 1. The molecule has 1 aliphatic rings. The standard InChI is InChI=1S/C23H32N4O2/c1-5-6-15-29-21-10-7-18(8-11-21)23(28)26(4)19-9-12-22(24-16-19)27-14-13-20(17-27)25(2)3/h7-12,16,20H,5-6,13-15,17H2,1-4H3. The highest BCUT2D eigenvalue weighted by Crippen LogP contribution is 2.23. The maximum Gasteiger partial charge on any atom is 0.258 e. The first-order chi connectivity index (χ1) is 14.0. The van der Waals surface area contributed by atoms with Gasteiger partial charge in [0.05, 0.1) is 18.5 Å². The summed E-state index contributed by atoms with van der Waals surface area (Å²) < 4.78 is 5.67. The second-order valence-corrected chi connectivity index (χ2v) is 7.82. The molecule has 2 heterocycles. The summed E-state index contributed by atoms with van der Waals surface area (Å²) in [6.07, 6.45) is 5.05. The van der Waals surface area contributed by atoms with Crippen LogP contribution in [-0.4, -0.2) is 62.7 Å². The third-order valence-electron chi connectivity index (χ3n) is 5.51. The highest BCUT2D eigenvalue weighted by atomic mass is 16.5. The number of benzene rings is 1. The second-order valence-electron chi connectivity index (χ2n) is 7.82. The van der Waals surface area contributed by atoms with Gasteiger partial charge in [0.15, 0.2) is 0 Å². The molecule has 1 aromatic carbocycles. The number of nitrogens with zero attached hydrogens (tertiary/aromatic N) is 4. The Morgan fingerprint density at radius 1 is 1.17 bits per heavy atom. The number of anilines is 2. The number of hydrogen-bond donors (Lipinski definition) is 0. The van der Waals surface area contributed by atoms with Crippen LogP contribution in [0.25, 0.3) is 0 Å². The van der Waals surface area contributed by atoms with Crippen LogP contribution < -0.4 is 14.5 Å². The van der Waals surface area contributed by atoms with Crippen LogP contribution in [0.5, 0.6) is 5.75 Å². The Balaban J connectivity index is 1.61. The molecule has 156 valence electrons. The Morgan fingerprint density at radius 3 is 2.52 bits per heavy atom. The quantitative estimate of drug-likeness (QED) is 0.637. The van der Waals surface area contributed by atoms with Crippen molar-refractivity contribution in [3.05, 3.63) is 48.2 Å². The minimum atomic E-state index is -0.0616. The number of carbonyl (C=O) groups excluding carboxylic acids is 1. The summed E-state index contributed by atoms with van der Waals surface area (Å²) in [4.78, 5) is 23.6. The fourth-order valence-electron chi connectivity index (χ4n) is 3.47. The van der Waals surface area contributed by atoms with E-state index in [0.29, 0.717) is 18.2 Å². The third-order valence-corrected chi connectivity index (χ3v) is 5.51. The van der Waals surface area contributed by atoms with E-state index in [1.807, 2.05) is 36.4 Å². The molecule has 29 heavy (non-hydrogen) atoms. The summed E-state index contributed by atoms with van der Waals surface area (Å²) >= 11 is 0. The van der Waals surface area contributed by atoms with Gasteiger partial charge in [0, 0.05) is 31.7 Å². The summed E-state index contributed by atoms with van der Waals surface area (Å²) in [5.74, 6) is 1.70. The SMILES string of the molecule is CCCCOc1ccc(C(=O)N(C)c2ccc(N3CCC(N(C)C)C3)nc2)cc1. The molecule has 1 unspecified atom stereocenters. The highest BCUT2D eigenvalue weighted by molar-refractivity contribution is 6.05.